The van der Waals surface area contributed by atoms with Crippen molar-refractivity contribution in [3.8, 4) is 5.75 Å². The van der Waals surface area contributed by atoms with Crippen LogP contribution in [0.2, 0.25) is 0 Å². The number of methoxy groups -OCH3 is 1. The molecule has 0 radical (unpaired) electrons. The third-order valence-corrected chi connectivity index (χ3v) is 4.43. The number of benzene rings is 1. The Balaban J connectivity index is 2.88. The number of hydrogen-bond donors (Lipinski definition) is 1. The topological polar surface area (TPSA) is 21.3 Å². The van der Waals surface area contributed by atoms with Crippen LogP contribution < -0.4 is 10.1 Å². The zero-order valence-electron chi connectivity index (χ0n) is 13.4. The minimum atomic E-state index is 0.272. The van der Waals surface area contributed by atoms with E-state index in [1.165, 1.54) is 22.9 Å². The van der Waals surface area contributed by atoms with Gasteiger partial charge in [-0.25, -0.2) is 0 Å². The van der Waals surface area contributed by atoms with E-state index in [1.54, 1.807) is 7.11 Å². The second-order valence-electron chi connectivity index (χ2n) is 6.23. The van der Waals surface area contributed by atoms with Crippen LogP contribution in [0.4, 0.5) is 0 Å². The Kier molecular flexibility index (Phi) is 7.04. The van der Waals surface area contributed by atoms with Crippen LogP contribution in [0.1, 0.15) is 46.1 Å². The zero-order valence-corrected chi connectivity index (χ0v) is 15.0. The molecule has 1 unspecified atom stereocenters. The van der Waals surface area contributed by atoms with E-state index in [4.69, 9.17) is 4.74 Å². The van der Waals surface area contributed by atoms with Crippen LogP contribution >= 0.6 is 15.9 Å². The number of hydrogen-bond acceptors (Lipinski definition) is 2. The van der Waals surface area contributed by atoms with Crippen LogP contribution in [0.3, 0.4) is 0 Å². The van der Waals surface area contributed by atoms with Crippen LogP contribution in [0, 0.1) is 5.41 Å². The largest absolute Gasteiger partial charge is 0.497 e. The summed E-state index contributed by atoms with van der Waals surface area (Å²) in [7, 11) is 1.72. The molecule has 0 aromatic heterocycles. The Morgan fingerprint density at radius 2 is 2.05 bits per heavy atom. The predicted molar refractivity (Wildman–Crippen MR) is 90.6 cm³/mol. The summed E-state index contributed by atoms with van der Waals surface area (Å²) in [5.41, 5.74) is 1.60. The van der Waals surface area contributed by atoms with Crippen molar-refractivity contribution in [3.63, 3.8) is 0 Å². The maximum atomic E-state index is 5.35. The Hall–Kier alpha value is -0.540. The van der Waals surface area contributed by atoms with Crippen molar-refractivity contribution in [1.29, 1.82) is 0 Å². The molecule has 0 saturated heterocycles. The summed E-state index contributed by atoms with van der Waals surface area (Å²) in [5, 5.41) is 3.59. The van der Waals surface area contributed by atoms with E-state index in [0.717, 1.165) is 18.7 Å². The van der Waals surface area contributed by atoms with Crippen molar-refractivity contribution in [2.75, 3.05) is 13.7 Å². The Bertz CT molecular complexity index is 419. The van der Waals surface area contributed by atoms with Crippen molar-refractivity contribution in [3.05, 3.63) is 28.2 Å². The predicted octanol–water partition coefficient (Wildman–Crippen LogP) is 4.80. The summed E-state index contributed by atoms with van der Waals surface area (Å²) in [6, 6.07) is 6.75. The molecule has 3 heteroatoms. The fourth-order valence-electron chi connectivity index (χ4n) is 2.57. The lowest BCUT2D eigenvalue weighted by molar-refractivity contribution is 0.266. The highest BCUT2D eigenvalue weighted by Crippen LogP contribution is 2.32. The average Bonchev–Trinajstić information content (AvgIpc) is 2.39. The summed E-state index contributed by atoms with van der Waals surface area (Å²) in [6.07, 6.45) is 3.48. The van der Waals surface area contributed by atoms with E-state index in [9.17, 15) is 0 Å². The van der Waals surface area contributed by atoms with Crippen molar-refractivity contribution >= 4 is 15.9 Å². The van der Waals surface area contributed by atoms with Crippen LogP contribution in [0.15, 0.2) is 22.7 Å². The van der Waals surface area contributed by atoms with Gasteiger partial charge in [0.1, 0.15) is 5.75 Å². The molecule has 0 aliphatic carbocycles. The molecule has 2 nitrogen and oxygen atoms in total. The maximum absolute atomic E-state index is 5.35. The summed E-state index contributed by atoms with van der Waals surface area (Å²) in [5.74, 6) is 0.930. The molecule has 0 bridgehead atoms. The minimum Gasteiger partial charge on any atom is -0.497 e. The van der Waals surface area contributed by atoms with Crippen LogP contribution in [0.5, 0.6) is 5.75 Å². The molecular weight excluding hydrogens is 314 g/mol. The molecule has 0 aliphatic rings. The second-order valence-corrected chi connectivity index (χ2v) is 7.08. The summed E-state index contributed by atoms with van der Waals surface area (Å²) < 4.78 is 6.52. The standard InChI is InChI=1S/C17H28BrNO/c1-6-9-17(4,12-19-13(2)3)11-14-10-15(20-5)7-8-16(14)18/h7-8,10,13,19H,6,9,11-12H2,1-5H3. The number of rotatable bonds is 8. The van der Waals surface area contributed by atoms with Gasteiger partial charge in [0.2, 0.25) is 0 Å². The molecular formula is C17H28BrNO. The number of ether oxygens (including phenoxy) is 1. The molecule has 1 N–H and O–H groups in total. The van der Waals surface area contributed by atoms with E-state index in [2.05, 4.69) is 61.1 Å². The van der Waals surface area contributed by atoms with E-state index in [1.807, 2.05) is 6.07 Å². The van der Waals surface area contributed by atoms with Gasteiger partial charge in [-0.05, 0) is 42.0 Å². The summed E-state index contributed by atoms with van der Waals surface area (Å²) >= 11 is 3.67. The number of halogens is 1. The highest BCUT2D eigenvalue weighted by molar-refractivity contribution is 9.10. The molecule has 0 fully saturated rings. The number of nitrogens with one attached hydrogen (secondary N) is 1. The lowest BCUT2D eigenvalue weighted by Gasteiger charge is -2.31. The first-order valence-corrected chi connectivity index (χ1v) is 8.25. The highest BCUT2D eigenvalue weighted by Gasteiger charge is 2.25. The Morgan fingerprint density at radius 3 is 2.60 bits per heavy atom. The molecule has 1 rings (SSSR count). The van der Waals surface area contributed by atoms with Crippen molar-refractivity contribution in [2.45, 2.75) is 53.0 Å². The first kappa shape index (κ1) is 17.5. The summed E-state index contributed by atoms with van der Waals surface area (Å²) in [4.78, 5) is 0. The molecule has 20 heavy (non-hydrogen) atoms. The molecule has 0 aliphatic heterocycles. The average molecular weight is 342 g/mol. The van der Waals surface area contributed by atoms with Crippen molar-refractivity contribution < 1.29 is 4.74 Å². The van der Waals surface area contributed by atoms with Gasteiger partial charge in [0.05, 0.1) is 7.11 Å². The quantitative estimate of drug-likeness (QED) is 0.732. The van der Waals surface area contributed by atoms with E-state index < -0.39 is 0 Å². The van der Waals surface area contributed by atoms with Gasteiger partial charge < -0.3 is 10.1 Å². The fourth-order valence-corrected chi connectivity index (χ4v) is 2.95. The van der Waals surface area contributed by atoms with Gasteiger partial charge in [-0.2, -0.15) is 0 Å². The molecule has 114 valence electrons. The van der Waals surface area contributed by atoms with Gasteiger partial charge in [-0.1, -0.05) is 50.0 Å². The van der Waals surface area contributed by atoms with Crippen LogP contribution in [-0.4, -0.2) is 19.7 Å². The summed E-state index contributed by atoms with van der Waals surface area (Å²) in [6.45, 7) is 10.1. The lowest BCUT2D eigenvalue weighted by atomic mass is 9.79. The highest BCUT2D eigenvalue weighted by atomic mass is 79.9. The van der Waals surface area contributed by atoms with Crippen LogP contribution in [-0.2, 0) is 6.42 Å². The van der Waals surface area contributed by atoms with Gasteiger partial charge in [0, 0.05) is 17.1 Å². The van der Waals surface area contributed by atoms with E-state index >= 15 is 0 Å². The first-order chi connectivity index (χ1) is 9.40. The van der Waals surface area contributed by atoms with Gasteiger partial charge in [0.25, 0.3) is 0 Å². The molecule has 0 amide bonds. The first-order valence-electron chi connectivity index (χ1n) is 7.46. The van der Waals surface area contributed by atoms with E-state index in [0.29, 0.717) is 6.04 Å². The normalized spacial score (nSPS) is 14.3. The minimum absolute atomic E-state index is 0.272. The van der Waals surface area contributed by atoms with Gasteiger partial charge in [-0.3, -0.25) is 0 Å². The zero-order chi connectivity index (χ0) is 15.2. The van der Waals surface area contributed by atoms with Crippen molar-refractivity contribution in [2.24, 2.45) is 5.41 Å². The van der Waals surface area contributed by atoms with Gasteiger partial charge >= 0.3 is 0 Å². The lowest BCUT2D eigenvalue weighted by Crippen LogP contribution is -2.37. The van der Waals surface area contributed by atoms with Crippen molar-refractivity contribution in [1.82, 2.24) is 5.32 Å². The maximum Gasteiger partial charge on any atom is 0.119 e. The Labute approximate surface area is 132 Å². The molecule has 0 saturated carbocycles. The molecule has 0 heterocycles. The SMILES string of the molecule is CCCC(C)(CNC(C)C)Cc1cc(OC)ccc1Br. The molecule has 0 spiro atoms. The molecule has 1 aromatic carbocycles. The smallest absolute Gasteiger partial charge is 0.119 e. The van der Waals surface area contributed by atoms with Gasteiger partial charge in [0.15, 0.2) is 0 Å². The molecule has 1 aromatic rings. The fraction of sp³-hybridized carbons (Fsp3) is 0.647. The Morgan fingerprint density at radius 1 is 1.35 bits per heavy atom. The van der Waals surface area contributed by atoms with Crippen LogP contribution in [0.25, 0.3) is 0 Å². The van der Waals surface area contributed by atoms with Gasteiger partial charge in [-0.15, -0.1) is 0 Å². The van der Waals surface area contributed by atoms with E-state index in [-0.39, 0.29) is 5.41 Å². The third kappa shape index (κ3) is 5.45. The third-order valence-electron chi connectivity index (χ3n) is 3.66. The second kappa shape index (κ2) is 8.04. The monoisotopic (exact) mass is 341 g/mol. The molecule has 1 atom stereocenters.